The first-order valence-electron chi connectivity index (χ1n) is 7.09. The minimum atomic E-state index is -0.403. The molecule has 0 aliphatic carbocycles. The molecule has 0 amide bonds. The number of carbonyl (C=O) groups is 1. The second-order valence-corrected chi connectivity index (χ2v) is 5.17. The predicted molar refractivity (Wildman–Crippen MR) is 87.5 cm³/mol. The van der Waals surface area contributed by atoms with Gasteiger partial charge >= 0.3 is 5.97 Å². The molecule has 1 aromatic heterocycles. The number of ether oxygens (including phenoxy) is 1. The first-order valence-corrected chi connectivity index (χ1v) is 7.09. The topological polar surface area (TPSA) is 51.2 Å². The maximum absolute atomic E-state index is 13.0. The van der Waals surface area contributed by atoms with E-state index in [1.54, 1.807) is 30.3 Å². The fourth-order valence-electron chi connectivity index (χ4n) is 2.40. The Morgan fingerprint density at radius 2 is 1.87 bits per heavy atom. The van der Waals surface area contributed by atoms with Crippen LogP contribution in [0.1, 0.15) is 16.1 Å². The van der Waals surface area contributed by atoms with Crippen LogP contribution in [0.25, 0.3) is 10.9 Å². The molecule has 2 aromatic carbocycles. The van der Waals surface area contributed by atoms with Gasteiger partial charge in [0.1, 0.15) is 5.82 Å². The van der Waals surface area contributed by atoms with Crippen LogP contribution in [0.3, 0.4) is 0 Å². The van der Waals surface area contributed by atoms with Gasteiger partial charge in [0, 0.05) is 22.5 Å². The van der Waals surface area contributed by atoms with Crippen molar-refractivity contribution in [3.8, 4) is 0 Å². The number of carbonyl (C=O) groups excluding carboxylic acids is 1. The molecule has 116 valence electrons. The van der Waals surface area contributed by atoms with E-state index in [9.17, 15) is 9.18 Å². The third-order valence-electron chi connectivity index (χ3n) is 3.48. The molecule has 0 saturated carbocycles. The Bertz CT molecular complexity index is 876. The summed E-state index contributed by atoms with van der Waals surface area (Å²) in [5.74, 6) is -0.695. The van der Waals surface area contributed by atoms with Gasteiger partial charge in [-0.1, -0.05) is 0 Å². The van der Waals surface area contributed by atoms with E-state index in [0.29, 0.717) is 5.56 Å². The van der Waals surface area contributed by atoms with Crippen molar-refractivity contribution in [3.63, 3.8) is 0 Å². The highest BCUT2D eigenvalue weighted by atomic mass is 19.1. The summed E-state index contributed by atoms with van der Waals surface area (Å²) in [5, 5.41) is 4.03. The third-order valence-corrected chi connectivity index (χ3v) is 3.48. The number of anilines is 2. The van der Waals surface area contributed by atoms with E-state index in [1.165, 1.54) is 19.2 Å². The van der Waals surface area contributed by atoms with Gasteiger partial charge in [-0.3, -0.25) is 4.98 Å². The van der Waals surface area contributed by atoms with Gasteiger partial charge in [-0.2, -0.15) is 0 Å². The standard InChI is InChI=1S/C18H15FN2O2/c1-11-9-17(21-14-6-4-13(19)5-7-14)15-10-12(18(22)23-2)3-8-16(15)20-11/h3-10H,1-2H3,(H,20,21). The van der Waals surface area contributed by atoms with Crippen LogP contribution >= 0.6 is 0 Å². The van der Waals surface area contributed by atoms with Crippen LogP contribution in [0.2, 0.25) is 0 Å². The lowest BCUT2D eigenvalue weighted by Gasteiger charge is -2.12. The van der Waals surface area contributed by atoms with E-state index < -0.39 is 5.97 Å². The molecule has 3 rings (SSSR count). The Kier molecular flexibility index (Phi) is 3.93. The highest BCUT2D eigenvalue weighted by Gasteiger charge is 2.10. The zero-order valence-electron chi connectivity index (χ0n) is 12.8. The monoisotopic (exact) mass is 310 g/mol. The summed E-state index contributed by atoms with van der Waals surface area (Å²) in [6.45, 7) is 1.89. The summed E-state index contributed by atoms with van der Waals surface area (Å²) in [4.78, 5) is 16.2. The highest BCUT2D eigenvalue weighted by Crippen LogP contribution is 2.27. The van der Waals surface area contributed by atoms with E-state index in [-0.39, 0.29) is 5.82 Å². The summed E-state index contributed by atoms with van der Waals surface area (Å²) >= 11 is 0. The van der Waals surface area contributed by atoms with Gasteiger partial charge in [-0.05, 0) is 55.5 Å². The molecule has 0 aliphatic rings. The number of fused-ring (bicyclic) bond motifs is 1. The molecule has 0 spiro atoms. The molecule has 0 radical (unpaired) electrons. The maximum Gasteiger partial charge on any atom is 0.337 e. The van der Waals surface area contributed by atoms with Crippen molar-refractivity contribution < 1.29 is 13.9 Å². The van der Waals surface area contributed by atoms with Crippen molar-refractivity contribution in [1.29, 1.82) is 0 Å². The summed E-state index contributed by atoms with van der Waals surface area (Å²) in [6.07, 6.45) is 0. The molecule has 3 aromatic rings. The fraction of sp³-hybridized carbons (Fsp3) is 0.111. The maximum atomic E-state index is 13.0. The summed E-state index contributed by atoms with van der Waals surface area (Å²) in [5.41, 5.74) is 3.61. The SMILES string of the molecule is COC(=O)c1ccc2nc(C)cc(Nc3ccc(F)cc3)c2c1. The number of rotatable bonds is 3. The van der Waals surface area contributed by atoms with Gasteiger partial charge in [0.05, 0.1) is 18.2 Å². The summed E-state index contributed by atoms with van der Waals surface area (Å²) in [6, 6.07) is 13.2. The number of methoxy groups -OCH3 is 1. The van der Waals surface area contributed by atoms with Crippen molar-refractivity contribution in [2.75, 3.05) is 12.4 Å². The number of hydrogen-bond acceptors (Lipinski definition) is 4. The van der Waals surface area contributed by atoms with Gasteiger partial charge in [0.25, 0.3) is 0 Å². The Hall–Kier alpha value is -2.95. The molecule has 4 nitrogen and oxygen atoms in total. The number of pyridine rings is 1. The average molecular weight is 310 g/mol. The molecular weight excluding hydrogens is 295 g/mol. The van der Waals surface area contributed by atoms with Crippen molar-refractivity contribution in [2.45, 2.75) is 6.92 Å². The molecule has 0 aliphatic heterocycles. The second kappa shape index (κ2) is 6.04. The first kappa shape index (κ1) is 15.0. The Morgan fingerprint density at radius 3 is 2.57 bits per heavy atom. The molecular formula is C18H15FN2O2. The molecule has 5 heteroatoms. The molecule has 0 unspecified atom stereocenters. The van der Waals surface area contributed by atoms with Crippen LogP contribution in [0, 0.1) is 12.7 Å². The van der Waals surface area contributed by atoms with E-state index >= 15 is 0 Å². The quantitative estimate of drug-likeness (QED) is 0.736. The number of nitrogens with zero attached hydrogens (tertiary/aromatic N) is 1. The van der Waals surface area contributed by atoms with Crippen LogP contribution in [0.15, 0.2) is 48.5 Å². The molecule has 1 N–H and O–H groups in total. The number of aryl methyl sites for hydroxylation is 1. The average Bonchev–Trinajstić information content (AvgIpc) is 2.55. The number of aromatic nitrogens is 1. The molecule has 0 saturated heterocycles. The van der Waals surface area contributed by atoms with Crippen molar-refractivity contribution in [1.82, 2.24) is 4.98 Å². The molecule has 23 heavy (non-hydrogen) atoms. The lowest BCUT2D eigenvalue weighted by Crippen LogP contribution is -2.02. The highest BCUT2D eigenvalue weighted by molar-refractivity contribution is 5.99. The lowest BCUT2D eigenvalue weighted by molar-refractivity contribution is 0.0601. The van der Waals surface area contributed by atoms with Crippen molar-refractivity contribution in [2.24, 2.45) is 0 Å². The van der Waals surface area contributed by atoms with Gasteiger partial charge < -0.3 is 10.1 Å². The molecule has 0 atom stereocenters. The smallest absolute Gasteiger partial charge is 0.337 e. The number of nitrogens with one attached hydrogen (secondary N) is 1. The van der Waals surface area contributed by atoms with E-state index in [2.05, 4.69) is 10.3 Å². The van der Waals surface area contributed by atoms with E-state index in [1.807, 2.05) is 13.0 Å². The Balaban J connectivity index is 2.09. The lowest BCUT2D eigenvalue weighted by atomic mass is 10.1. The summed E-state index contributed by atoms with van der Waals surface area (Å²) in [7, 11) is 1.34. The van der Waals surface area contributed by atoms with Crippen LogP contribution in [-0.2, 0) is 4.74 Å². The number of benzene rings is 2. The van der Waals surface area contributed by atoms with Crippen LogP contribution in [-0.4, -0.2) is 18.1 Å². The zero-order valence-corrected chi connectivity index (χ0v) is 12.8. The van der Waals surface area contributed by atoms with Crippen LogP contribution in [0.5, 0.6) is 0 Å². The zero-order chi connectivity index (χ0) is 16.4. The minimum absolute atomic E-state index is 0.292. The second-order valence-electron chi connectivity index (χ2n) is 5.17. The Morgan fingerprint density at radius 1 is 1.13 bits per heavy atom. The van der Waals surface area contributed by atoms with Crippen molar-refractivity contribution in [3.05, 3.63) is 65.6 Å². The summed E-state index contributed by atoms with van der Waals surface area (Å²) < 4.78 is 17.8. The third kappa shape index (κ3) is 3.13. The Labute approximate surface area is 132 Å². The number of halogens is 1. The van der Waals surface area contributed by atoms with Crippen LogP contribution in [0.4, 0.5) is 15.8 Å². The molecule has 1 heterocycles. The van der Waals surface area contributed by atoms with E-state index in [4.69, 9.17) is 4.74 Å². The molecule has 0 fully saturated rings. The van der Waals surface area contributed by atoms with Crippen molar-refractivity contribution >= 4 is 28.2 Å². The number of esters is 1. The largest absolute Gasteiger partial charge is 0.465 e. The number of hydrogen-bond donors (Lipinski definition) is 1. The molecule has 0 bridgehead atoms. The van der Waals surface area contributed by atoms with E-state index in [0.717, 1.165) is 28.0 Å². The normalized spacial score (nSPS) is 10.6. The van der Waals surface area contributed by atoms with Gasteiger partial charge in [0.15, 0.2) is 0 Å². The van der Waals surface area contributed by atoms with Gasteiger partial charge in [-0.25, -0.2) is 9.18 Å². The van der Waals surface area contributed by atoms with Gasteiger partial charge in [-0.15, -0.1) is 0 Å². The minimum Gasteiger partial charge on any atom is -0.465 e. The fourth-order valence-corrected chi connectivity index (χ4v) is 2.40. The predicted octanol–water partition coefficient (Wildman–Crippen LogP) is 4.21. The first-order chi connectivity index (χ1) is 11.1. The van der Waals surface area contributed by atoms with Gasteiger partial charge in [0.2, 0.25) is 0 Å². The van der Waals surface area contributed by atoms with Crippen LogP contribution < -0.4 is 5.32 Å².